The van der Waals surface area contributed by atoms with Crippen molar-refractivity contribution in [3.8, 4) is 0 Å². The predicted octanol–water partition coefficient (Wildman–Crippen LogP) is 2.07. The number of halogens is 1. The molecule has 2 amide bonds. The topological polar surface area (TPSA) is 53.1 Å². The summed E-state index contributed by atoms with van der Waals surface area (Å²) in [6.07, 6.45) is -0.912. The summed E-state index contributed by atoms with van der Waals surface area (Å²) >= 11 is 0. The molecule has 0 aromatic heterocycles. The zero-order chi connectivity index (χ0) is 21.1. The molecule has 2 saturated heterocycles. The maximum absolute atomic E-state index is 14.5. The molecule has 2 aromatic carbocycles. The molecule has 2 fully saturated rings. The van der Waals surface area contributed by atoms with Gasteiger partial charge in [-0.3, -0.25) is 14.5 Å². The highest BCUT2D eigenvalue weighted by molar-refractivity contribution is 5.86. The maximum Gasteiger partial charge on any atom is 0.254 e. The minimum Gasteiger partial charge on any atom is -0.356 e. The Kier molecular flexibility index (Phi) is 6.11. The second-order valence-corrected chi connectivity index (χ2v) is 7.79. The summed E-state index contributed by atoms with van der Waals surface area (Å²) in [6.45, 7) is 3.34. The Hall–Kier alpha value is -2.77. The number of ether oxygens (including phenoxy) is 1. The highest BCUT2D eigenvalue weighted by atomic mass is 19.1. The van der Waals surface area contributed by atoms with Crippen LogP contribution in [0.5, 0.6) is 0 Å². The van der Waals surface area contributed by atoms with Gasteiger partial charge in [0.1, 0.15) is 12.4 Å². The lowest BCUT2D eigenvalue weighted by atomic mass is 9.96. The van der Waals surface area contributed by atoms with Gasteiger partial charge >= 0.3 is 0 Å². The number of carbonyl (C=O) groups is 2. The minimum atomic E-state index is -0.912. The highest BCUT2D eigenvalue weighted by Crippen LogP contribution is 2.32. The molecule has 7 heteroatoms. The van der Waals surface area contributed by atoms with Gasteiger partial charge in [-0.05, 0) is 11.6 Å². The van der Waals surface area contributed by atoms with Crippen molar-refractivity contribution in [1.82, 2.24) is 14.7 Å². The Labute approximate surface area is 175 Å². The molecule has 2 aliphatic rings. The lowest BCUT2D eigenvalue weighted by Crippen LogP contribution is -2.57. The molecular formula is C23H26FN3O3. The number of morpholine rings is 1. The molecule has 158 valence electrons. The van der Waals surface area contributed by atoms with Crippen LogP contribution in [0.2, 0.25) is 0 Å². The molecule has 0 radical (unpaired) electrons. The Morgan fingerprint density at radius 3 is 2.40 bits per heavy atom. The summed E-state index contributed by atoms with van der Waals surface area (Å²) in [5.74, 6) is -0.903. The van der Waals surface area contributed by atoms with Crippen LogP contribution in [0, 0.1) is 5.82 Å². The summed E-state index contributed by atoms with van der Waals surface area (Å²) in [5.41, 5.74) is 1.54. The van der Waals surface area contributed by atoms with Crippen molar-refractivity contribution in [1.29, 1.82) is 0 Å². The van der Waals surface area contributed by atoms with Gasteiger partial charge < -0.3 is 14.5 Å². The molecule has 0 bridgehead atoms. The quantitative estimate of drug-likeness (QED) is 0.773. The van der Waals surface area contributed by atoms with Crippen molar-refractivity contribution in [2.24, 2.45) is 0 Å². The van der Waals surface area contributed by atoms with E-state index in [0.29, 0.717) is 18.7 Å². The van der Waals surface area contributed by atoms with Crippen molar-refractivity contribution in [3.63, 3.8) is 0 Å². The molecule has 2 heterocycles. The third kappa shape index (κ3) is 4.22. The Bertz CT molecular complexity index is 900. The number of likely N-dealkylation sites (N-methyl/N-ethyl adjacent to an activating group) is 1. The summed E-state index contributed by atoms with van der Waals surface area (Å²) < 4.78 is 20.1. The Morgan fingerprint density at radius 1 is 1.03 bits per heavy atom. The fourth-order valence-corrected chi connectivity index (χ4v) is 4.15. The van der Waals surface area contributed by atoms with Crippen molar-refractivity contribution in [2.75, 3.05) is 39.8 Å². The van der Waals surface area contributed by atoms with Crippen LogP contribution in [0.15, 0.2) is 54.6 Å². The average molecular weight is 411 g/mol. The summed E-state index contributed by atoms with van der Waals surface area (Å²) in [7, 11) is 1.60. The average Bonchev–Trinajstić information content (AvgIpc) is 2.77. The van der Waals surface area contributed by atoms with E-state index in [0.717, 1.165) is 19.6 Å². The van der Waals surface area contributed by atoms with Gasteiger partial charge in [0.2, 0.25) is 5.91 Å². The van der Waals surface area contributed by atoms with E-state index in [1.807, 2.05) is 18.2 Å². The standard InChI is InChI=1S/C23H26FN3O3/c1-25-20(28)16-30-22(21(25)18-9-5-6-10-19(18)24)23(29)27-13-11-26(12-14-27)15-17-7-3-2-4-8-17/h2-10,21-22H,11-16H2,1H3/t21-,22+/m0/s1. The third-order valence-corrected chi connectivity index (χ3v) is 5.88. The fraction of sp³-hybridized carbons (Fsp3) is 0.391. The molecule has 0 saturated carbocycles. The largest absolute Gasteiger partial charge is 0.356 e. The summed E-state index contributed by atoms with van der Waals surface area (Å²) in [4.78, 5) is 31.0. The molecule has 0 spiro atoms. The number of hydrogen-bond donors (Lipinski definition) is 0. The number of nitrogens with zero attached hydrogens (tertiary/aromatic N) is 3. The molecule has 2 aromatic rings. The first-order valence-corrected chi connectivity index (χ1v) is 10.2. The molecular weight excluding hydrogens is 385 g/mol. The van der Waals surface area contributed by atoms with E-state index in [4.69, 9.17) is 4.74 Å². The monoisotopic (exact) mass is 411 g/mol. The molecule has 6 nitrogen and oxygen atoms in total. The van der Waals surface area contributed by atoms with Gasteiger partial charge in [0.05, 0.1) is 6.04 Å². The molecule has 0 unspecified atom stereocenters. The van der Waals surface area contributed by atoms with Crippen LogP contribution in [0.4, 0.5) is 4.39 Å². The van der Waals surface area contributed by atoms with E-state index in [2.05, 4.69) is 17.0 Å². The van der Waals surface area contributed by atoms with E-state index < -0.39 is 18.0 Å². The first-order chi connectivity index (χ1) is 14.5. The minimum absolute atomic E-state index is 0.175. The Balaban J connectivity index is 1.45. The van der Waals surface area contributed by atoms with Crippen LogP contribution >= 0.6 is 0 Å². The SMILES string of the molecule is CN1C(=O)CO[C@@H](C(=O)N2CCN(Cc3ccccc3)CC2)[C@@H]1c1ccccc1F. The van der Waals surface area contributed by atoms with Gasteiger partial charge in [0, 0.05) is 45.3 Å². The fourth-order valence-electron chi connectivity index (χ4n) is 4.15. The summed E-state index contributed by atoms with van der Waals surface area (Å²) in [6, 6.07) is 15.7. The first-order valence-electron chi connectivity index (χ1n) is 10.2. The molecule has 0 aliphatic carbocycles. The molecule has 4 rings (SSSR count). The van der Waals surface area contributed by atoms with E-state index in [1.54, 1.807) is 30.1 Å². The van der Waals surface area contributed by atoms with Crippen molar-refractivity contribution < 1.29 is 18.7 Å². The van der Waals surface area contributed by atoms with Gasteiger partial charge in [-0.2, -0.15) is 0 Å². The number of carbonyl (C=O) groups excluding carboxylic acids is 2. The van der Waals surface area contributed by atoms with Crippen LogP contribution in [0.3, 0.4) is 0 Å². The Morgan fingerprint density at radius 2 is 1.70 bits per heavy atom. The van der Waals surface area contributed by atoms with Crippen LogP contribution in [0.1, 0.15) is 17.2 Å². The first kappa shape index (κ1) is 20.5. The smallest absolute Gasteiger partial charge is 0.254 e. The predicted molar refractivity (Wildman–Crippen MR) is 110 cm³/mol. The molecule has 30 heavy (non-hydrogen) atoms. The zero-order valence-electron chi connectivity index (χ0n) is 17.0. The normalized spacial score (nSPS) is 22.9. The van der Waals surface area contributed by atoms with Gasteiger partial charge in [0.15, 0.2) is 6.10 Å². The number of piperazine rings is 1. The zero-order valence-corrected chi connectivity index (χ0v) is 17.0. The summed E-state index contributed by atoms with van der Waals surface area (Å²) in [5, 5.41) is 0. The third-order valence-electron chi connectivity index (χ3n) is 5.88. The lowest BCUT2D eigenvalue weighted by Gasteiger charge is -2.42. The molecule has 2 aliphatic heterocycles. The van der Waals surface area contributed by atoms with Crippen molar-refractivity contribution in [2.45, 2.75) is 18.7 Å². The van der Waals surface area contributed by atoms with Gasteiger partial charge in [-0.25, -0.2) is 4.39 Å². The van der Waals surface area contributed by atoms with Gasteiger partial charge in [0.25, 0.3) is 5.91 Å². The lowest BCUT2D eigenvalue weighted by molar-refractivity contribution is -0.168. The second kappa shape index (κ2) is 8.93. The van der Waals surface area contributed by atoms with E-state index in [-0.39, 0.29) is 18.4 Å². The molecule has 0 N–H and O–H groups in total. The number of rotatable bonds is 4. The maximum atomic E-state index is 14.5. The second-order valence-electron chi connectivity index (χ2n) is 7.79. The van der Waals surface area contributed by atoms with Gasteiger partial charge in [-0.15, -0.1) is 0 Å². The molecule has 2 atom stereocenters. The van der Waals surface area contributed by atoms with Crippen LogP contribution in [0.25, 0.3) is 0 Å². The van der Waals surface area contributed by atoms with E-state index in [1.165, 1.54) is 16.5 Å². The highest BCUT2D eigenvalue weighted by Gasteiger charge is 2.43. The van der Waals surface area contributed by atoms with E-state index >= 15 is 0 Å². The van der Waals surface area contributed by atoms with Crippen LogP contribution < -0.4 is 0 Å². The number of hydrogen-bond acceptors (Lipinski definition) is 4. The van der Waals surface area contributed by atoms with Crippen LogP contribution in [-0.4, -0.2) is 72.5 Å². The van der Waals surface area contributed by atoms with Crippen molar-refractivity contribution >= 4 is 11.8 Å². The van der Waals surface area contributed by atoms with E-state index in [9.17, 15) is 14.0 Å². The van der Waals surface area contributed by atoms with Gasteiger partial charge in [-0.1, -0.05) is 48.5 Å². The van der Waals surface area contributed by atoms with Crippen molar-refractivity contribution in [3.05, 3.63) is 71.5 Å². The number of amides is 2. The number of benzene rings is 2. The van der Waals surface area contributed by atoms with Crippen LogP contribution in [-0.2, 0) is 20.9 Å².